The summed E-state index contributed by atoms with van der Waals surface area (Å²) >= 11 is 0. The molecule has 3 nitrogen and oxygen atoms in total. The van der Waals surface area contributed by atoms with Gasteiger partial charge in [-0.25, -0.2) is 9.97 Å². The lowest BCUT2D eigenvalue weighted by atomic mass is 10.0. The third-order valence-corrected chi connectivity index (χ3v) is 9.01. The van der Waals surface area contributed by atoms with Gasteiger partial charge >= 0.3 is 0 Å². The molecule has 7 aromatic carbocycles. The van der Waals surface area contributed by atoms with Crippen LogP contribution in [-0.2, 0) is 0 Å². The van der Waals surface area contributed by atoms with Crippen LogP contribution in [0.3, 0.4) is 0 Å². The Kier molecular flexibility index (Phi) is 6.46. The Hall–Kier alpha value is -6.32. The highest BCUT2D eigenvalue weighted by Crippen LogP contribution is 2.39. The molecule has 0 aliphatic rings. The molecule has 0 radical (unpaired) electrons. The predicted octanol–water partition coefficient (Wildman–Crippen LogP) is 11.4. The van der Waals surface area contributed by atoms with E-state index in [4.69, 9.17) is 9.97 Å². The Morgan fingerprint density at radius 2 is 0.936 bits per heavy atom. The molecular formula is C44H29N3. The number of hydrogen-bond acceptors (Lipinski definition) is 2. The van der Waals surface area contributed by atoms with E-state index < -0.39 is 0 Å². The van der Waals surface area contributed by atoms with Crippen molar-refractivity contribution >= 4 is 32.6 Å². The molecule has 0 saturated heterocycles. The molecule has 0 unspecified atom stereocenters. The van der Waals surface area contributed by atoms with Crippen molar-refractivity contribution in [1.29, 1.82) is 0 Å². The quantitative estimate of drug-likeness (QED) is 0.197. The number of fused-ring (bicyclic) bond motifs is 5. The molecule has 2 aromatic heterocycles. The number of hydrogen-bond donors (Lipinski definition) is 0. The average molecular weight is 600 g/mol. The zero-order chi connectivity index (χ0) is 31.2. The van der Waals surface area contributed by atoms with Crippen LogP contribution in [0, 0.1) is 0 Å². The first-order valence-corrected chi connectivity index (χ1v) is 15.9. The van der Waals surface area contributed by atoms with Gasteiger partial charge in [0.05, 0.1) is 22.4 Å². The molecule has 9 aromatic rings. The van der Waals surface area contributed by atoms with Crippen LogP contribution < -0.4 is 0 Å². The lowest BCUT2D eigenvalue weighted by molar-refractivity contribution is 1.16. The van der Waals surface area contributed by atoms with E-state index in [1.165, 1.54) is 43.7 Å². The van der Waals surface area contributed by atoms with Crippen LogP contribution in [-0.4, -0.2) is 14.5 Å². The summed E-state index contributed by atoms with van der Waals surface area (Å²) in [6, 6.07) is 62.0. The molecule has 9 rings (SSSR count). The molecular weight excluding hydrogens is 571 g/mol. The van der Waals surface area contributed by atoms with E-state index in [0.29, 0.717) is 5.82 Å². The van der Waals surface area contributed by atoms with Crippen molar-refractivity contribution in [3.8, 4) is 50.7 Å². The van der Waals surface area contributed by atoms with E-state index in [-0.39, 0.29) is 0 Å². The molecule has 0 aliphatic heterocycles. The molecule has 3 heteroatoms. The third-order valence-electron chi connectivity index (χ3n) is 9.01. The van der Waals surface area contributed by atoms with E-state index >= 15 is 0 Å². The van der Waals surface area contributed by atoms with Gasteiger partial charge in [0.15, 0.2) is 5.82 Å². The van der Waals surface area contributed by atoms with Crippen molar-refractivity contribution in [3.05, 3.63) is 176 Å². The molecule has 0 fully saturated rings. The van der Waals surface area contributed by atoms with Crippen LogP contribution in [0.4, 0.5) is 0 Å². The molecule has 0 saturated carbocycles. The normalized spacial score (nSPS) is 11.4. The zero-order valence-electron chi connectivity index (χ0n) is 25.6. The van der Waals surface area contributed by atoms with Gasteiger partial charge in [0.25, 0.3) is 0 Å². The van der Waals surface area contributed by atoms with Crippen LogP contribution >= 0.6 is 0 Å². The van der Waals surface area contributed by atoms with Gasteiger partial charge in [-0.2, -0.15) is 0 Å². The smallest absolute Gasteiger partial charge is 0.160 e. The summed E-state index contributed by atoms with van der Waals surface area (Å²) in [4.78, 5) is 10.1. The Labute approximate surface area is 273 Å². The summed E-state index contributed by atoms with van der Waals surface area (Å²) in [5.74, 6) is 0.705. The molecule has 0 bridgehead atoms. The van der Waals surface area contributed by atoms with Gasteiger partial charge < -0.3 is 4.57 Å². The van der Waals surface area contributed by atoms with E-state index in [2.05, 4.69) is 144 Å². The molecule has 220 valence electrons. The van der Waals surface area contributed by atoms with Crippen LogP contribution in [0.1, 0.15) is 0 Å². The fourth-order valence-corrected chi connectivity index (χ4v) is 6.73. The Balaban J connectivity index is 1.22. The van der Waals surface area contributed by atoms with Crippen molar-refractivity contribution in [2.75, 3.05) is 0 Å². The van der Waals surface area contributed by atoms with Crippen molar-refractivity contribution in [2.24, 2.45) is 0 Å². The standard InChI is InChI=1S/C44H29N3/c1-4-12-30(13-5-1)35-22-26-38-42(28-35)47(41-27-23-31-14-10-11-19-37(31)43(38)41)36-24-20-34(21-25-36)44-45-39(32-15-6-2-7-16-32)29-40(46-44)33-17-8-3-9-18-33/h1-29H. The second-order valence-electron chi connectivity index (χ2n) is 11.9. The van der Waals surface area contributed by atoms with Gasteiger partial charge in [0, 0.05) is 33.2 Å². The van der Waals surface area contributed by atoms with E-state index in [0.717, 1.165) is 33.8 Å². The molecule has 0 aliphatic carbocycles. The molecule has 2 heterocycles. The summed E-state index contributed by atoms with van der Waals surface area (Å²) in [5, 5.41) is 5.02. The first kappa shape index (κ1) is 27.0. The first-order chi connectivity index (χ1) is 23.3. The van der Waals surface area contributed by atoms with Gasteiger partial charge in [-0.15, -0.1) is 0 Å². The fraction of sp³-hybridized carbons (Fsp3) is 0. The highest BCUT2D eigenvalue weighted by atomic mass is 15.0. The summed E-state index contributed by atoms with van der Waals surface area (Å²) < 4.78 is 2.39. The first-order valence-electron chi connectivity index (χ1n) is 15.9. The highest BCUT2D eigenvalue weighted by molar-refractivity contribution is 6.21. The molecule has 0 spiro atoms. The van der Waals surface area contributed by atoms with E-state index in [1.807, 2.05) is 36.4 Å². The topological polar surface area (TPSA) is 30.7 Å². The maximum Gasteiger partial charge on any atom is 0.160 e. The SMILES string of the molecule is c1ccc(-c2ccc3c4c5ccccc5ccc4n(-c4ccc(-c5nc(-c6ccccc6)cc(-c6ccccc6)n5)cc4)c3c2)cc1. The molecule has 47 heavy (non-hydrogen) atoms. The second-order valence-corrected chi connectivity index (χ2v) is 11.9. The molecule has 0 N–H and O–H groups in total. The summed E-state index contributed by atoms with van der Waals surface area (Å²) in [7, 11) is 0. The number of benzene rings is 7. The molecule has 0 atom stereocenters. The maximum atomic E-state index is 5.05. The lowest BCUT2D eigenvalue weighted by Gasteiger charge is -2.12. The van der Waals surface area contributed by atoms with Gasteiger partial charge in [-0.3, -0.25) is 0 Å². The van der Waals surface area contributed by atoms with Gasteiger partial charge in [0.2, 0.25) is 0 Å². The maximum absolute atomic E-state index is 5.05. The minimum Gasteiger partial charge on any atom is -0.309 e. The predicted molar refractivity (Wildman–Crippen MR) is 196 cm³/mol. The minimum absolute atomic E-state index is 0.705. The van der Waals surface area contributed by atoms with Crippen molar-refractivity contribution < 1.29 is 0 Å². The van der Waals surface area contributed by atoms with Crippen LogP contribution in [0.25, 0.3) is 83.3 Å². The second kappa shape index (κ2) is 11.2. The minimum atomic E-state index is 0.705. The number of rotatable bonds is 5. The third kappa shape index (κ3) is 4.77. The van der Waals surface area contributed by atoms with Gasteiger partial charge in [-0.1, -0.05) is 133 Å². The van der Waals surface area contributed by atoms with Crippen molar-refractivity contribution in [2.45, 2.75) is 0 Å². The van der Waals surface area contributed by atoms with E-state index in [9.17, 15) is 0 Å². The van der Waals surface area contributed by atoms with Crippen LogP contribution in [0.2, 0.25) is 0 Å². The Bertz CT molecular complexity index is 2480. The number of nitrogens with zero attached hydrogens (tertiary/aromatic N) is 3. The number of aromatic nitrogens is 3. The highest BCUT2D eigenvalue weighted by Gasteiger charge is 2.17. The van der Waals surface area contributed by atoms with Crippen LogP contribution in [0.5, 0.6) is 0 Å². The van der Waals surface area contributed by atoms with Crippen molar-refractivity contribution in [1.82, 2.24) is 14.5 Å². The van der Waals surface area contributed by atoms with Gasteiger partial charge in [-0.05, 0) is 64.4 Å². The summed E-state index contributed by atoms with van der Waals surface area (Å²) in [6.45, 7) is 0. The summed E-state index contributed by atoms with van der Waals surface area (Å²) in [6.07, 6.45) is 0. The van der Waals surface area contributed by atoms with Gasteiger partial charge in [0.1, 0.15) is 0 Å². The summed E-state index contributed by atoms with van der Waals surface area (Å²) in [5.41, 5.74) is 10.8. The lowest BCUT2D eigenvalue weighted by Crippen LogP contribution is -1.97. The largest absolute Gasteiger partial charge is 0.309 e. The Morgan fingerprint density at radius 3 is 1.60 bits per heavy atom. The monoisotopic (exact) mass is 599 g/mol. The Morgan fingerprint density at radius 1 is 0.362 bits per heavy atom. The zero-order valence-corrected chi connectivity index (χ0v) is 25.6. The fourth-order valence-electron chi connectivity index (χ4n) is 6.73. The van der Waals surface area contributed by atoms with E-state index in [1.54, 1.807) is 0 Å². The van der Waals surface area contributed by atoms with Crippen LogP contribution in [0.15, 0.2) is 176 Å². The van der Waals surface area contributed by atoms with Crippen molar-refractivity contribution in [3.63, 3.8) is 0 Å². The molecule has 0 amide bonds. The average Bonchev–Trinajstić information content (AvgIpc) is 3.50.